The summed E-state index contributed by atoms with van der Waals surface area (Å²) < 4.78 is 40.4. The minimum Gasteiger partial charge on any atom is -0.375 e. The van der Waals surface area contributed by atoms with E-state index < -0.39 is 36.2 Å². The van der Waals surface area contributed by atoms with Crippen LogP contribution in [-0.2, 0) is 14.3 Å². The fourth-order valence-electron chi connectivity index (χ4n) is 1.52. The fraction of sp³-hybridized carbons (Fsp3) is 0.667. The molecule has 1 fully saturated rings. The molecule has 0 aliphatic carbocycles. The van der Waals surface area contributed by atoms with E-state index in [2.05, 4.69) is 10.1 Å². The quantitative estimate of drug-likeness (QED) is 0.573. The van der Waals surface area contributed by atoms with Gasteiger partial charge in [-0.3, -0.25) is 4.79 Å². The highest BCUT2D eigenvalue weighted by Crippen LogP contribution is 2.17. The maximum absolute atomic E-state index is 12.1. The lowest BCUT2D eigenvalue weighted by Gasteiger charge is -2.21. The first-order chi connectivity index (χ1) is 8.25. The molecule has 2 atom stereocenters. The van der Waals surface area contributed by atoms with Gasteiger partial charge in [-0.05, 0) is 6.42 Å². The zero-order valence-corrected chi connectivity index (χ0v) is 9.34. The molecule has 1 aliphatic heterocycles. The van der Waals surface area contributed by atoms with Crippen molar-refractivity contribution in [3.8, 4) is 0 Å². The topological polar surface area (TPSA) is 84.5 Å². The second kappa shape index (κ2) is 5.23. The summed E-state index contributed by atoms with van der Waals surface area (Å²) in [6.45, 7) is 1.66. The molecule has 0 saturated carbocycles. The van der Waals surface area contributed by atoms with Crippen molar-refractivity contribution in [1.29, 1.82) is 0 Å². The Morgan fingerprint density at radius 1 is 1.50 bits per heavy atom. The van der Waals surface area contributed by atoms with E-state index in [1.54, 1.807) is 12.2 Å². The summed E-state index contributed by atoms with van der Waals surface area (Å²) in [6, 6.07) is -2.44. The number of carbonyl (C=O) groups is 3. The lowest BCUT2D eigenvalue weighted by atomic mass is 10.0. The van der Waals surface area contributed by atoms with Gasteiger partial charge >= 0.3 is 24.1 Å². The number of hydrogen-bond donors (Lipinski definition) is 2. The van der Waals surface area contributed by atoms with Crippen LogP contribution in [0, 0.1) is 0 Å². The van der Waals surface area contributed by atoms with E-state index in [0.717, 1.165) is 0 Å². The van der Waals surface area contributed by atoms with Crippen LogP contribution in [0.25, 0.3) is 0 Å². The van der Waals surface area contributed by atoms with Crippen LogP contribution in [-0.4, -0.2) is 36.2 Å². The van der Waals surface area contributed by atoms with Crippen molar-refractivity contribution in [2.75, 3.05) is 0 Å². The predicted molar refractivity (Wildman–Crippen MR) is 51.3 cm³/mol. The maximum Gasteiger partial charge on any atom is 0.471 e. The van der Waals surface area contributed by atoms with E-state index in [-0.39, 0.29) is 6.42 Å². The highest BCUT2D eigenvalue weighted by molar-refractivity contribution is 5.96. The number of halogens is 3. The summed E-state index contributed by atoms with van der Waals surface area (Å²) in [6.07, 6.45) is -5.56. The summed E-state index contributed by atoms with van der Waals surface area (Å²) in [5.74, 6) is -3.16. The lowest BCUT2D eigenvalue weighted by molar-refractivity contribution is -0.174. The van der Waals surface area contributed by atoms with Gasteiger partial charge in [-0.25, -0.2) is 9.59 Å². The third-order valence-corrected chi connectivity index (χ3v) is 2.30. The number of ether oxygens (including phenoxy) is 1. The number of hydrogen-bond acceptors (Lipinski definition) is 4. The van der Waals surface area contributed by atoms with Crippen LogP contribution in [0.4, 0.5) is 18.0 Å². The second-order valence-electron chi connectivity index (χ2n) is 3.70. The van der Waals surface area contributed by atoms with Crippen molar-refractivity contribution in [1.82, 2.24) is 10.6 Å². The van der Waals surface area contributed by atoms with Crippen LogP contribution in [0.2, 0.25) is 0 Å². The molecule has 0 aromatic carbocycles. The van der Waals surface area contributed by atoms with Gasteiger partial charge in [-0.15, -0.1) is 0 Å². The minimum atomic E-state index is -5.04. The van der Waals surface area contributed by atoms with Crippen molar-refractivity contribution in [3.05, 3.63) is 0 Å². The molecule has 0 bridgehead atoms. The number of rotatable bonds is 4. The van der Waals surface area contributed by atoms with Gasteiger partial charge < -0.3 is 15.4 Å². The molecule has 18 heavy (non-hydrogen) atoms. The minimum absolute atomic E-state index is 0.0991. The lowest BCUT2D eigenvalue weighted by Crippen LogP contribution is -2.53. The van der Waals surface area contributed by atoms with Gasteiger partial charge in [0.2, 0.25) is 0 Å². The van der Waals surface area contributed by atoms with Crippen molar-refractivity contribution in [3.63, 3.8) is 0 Å². The van der Waals surface area contributed by atoms with Crippen LogP contribution in [0.3, 0.4) is 0 Å². The average molecular weight is 268 g/mol. The molecular formula is C9H11F3N2O4. The molecule has 1 rings (SSSR count). The first kappa shape index (κ1) is 14.3. The normalized spacial score (nSPS) is 21.2. The van der Waals surface area contributed by atoms with Crippen molar-refractivity contribution in [2.24, 2.45) is 0 Å². The molecule has 2 N–H and O–H groups in total. The van der Waals surface area contributed by atoms with Crippen molar-refractivity contribution in [2.45, 2.75) is 38.0 Å². The third-order valence-electron chi connectivity index (χ3n) is 2.30. The van der Waals surface area contributed by atoms with Gasteiger partial charge in [-0.2, -0.15) is 13.2 Å². The summed E-state index contributed by atoms with van der Waals surface area (Å²) in [7, 11) is 0. The SMILES string of the molecule is CCCC(NC(=O)C(F)(F)F)C1NC(=O)OC1=O. The molecule has 0 spiro atoms. The Hall–Kier alpha value is -1.80. The standard InChI is InChI=1S/C9H11F3N2O4/c1-2-3-4(13-7(16)9(10,11)12)5-6(15)18-8(17)14-5/h4-5H,2-3H2,1H3,(H,13,16)(H,14,17). The average Bonchev–Trinajstić information content (AvgIpc) is 2.55. The Morgan fingerprint density at radius 2 is 2.11 bits per heavy atom. The fourth-order valence-corrected chi connectivity index (χ4v) is 1.52. The van der Waals surface area contributed by atoms with Gasteiger partial charge in [-0.1, -0.05) is 13.3 Å². The highest BCUT2D eigenvalue weighted by Gasteiger charge is 2.44. The summed E-state index contributed by atoms with van der Waals surface area (Å²) in [5.41, 5.74) is 0. The smallest absolute Gasteiger partial charge is 0.375 e. The van der Waals surface area contributed by atoms with E-state index in [4.69, 9.17) is 0 Å². The molecule has 1 aliphatic rings. The Morgan fingerprint density at radius 3 is 2.50 bits per heavy atom. The van der Waals surface area contributed by atoms with E-state index >= 15 is 0 Å². The Kier molecular flexibility index (Phi) is 4.15. The van der Waals surface area contributed by atoms with Gasteiger partial charge in [0.05, 0.1) is 6.04 Å². The molecular weight excluding hydrogens is 257 g/mol. The molecule has 1 saturated heterocycles. The van der Waals surface area contributed by atoms with Gasteiger partial charge in [0.25, 0.3) is 0 Å². The highest BCUT2D eigenvalue weighted by atomic mass is 19.4. The number of alkyl halides is 3. The first-order valence-corrected chi connectivity index (χ1v) is 5.15. The Labute approximate surface area is 99.8 Å². The van der Waals surface area contributed by atoms with E-state index in [1.165, 1.54) is 0 Å². The summed E-state index contributed by atoms with van der Waals surface area (Å²) in [5, 5.41) is 3.72. The molecule has 0 aromatic rings. The molecule has 102 valence electrons. The monoisotopic (exact) mass is 268 g/mol. The van der Waals surface area contributed by atoms with Crippen LogP contribution in [0.5, 0.6) is 0 Å². The Balaban J connectivity index is 2.74. The molecule has 0 aromatic heterocycles. The third kappa shape index (κ3) is 3.34. The number of cyclic esters (lactones) is 2. The van der Waals surface area contributed by atoms with Gasteiger partial charge in [0, 0.05) is 0 Å². The number of carbonyl (C=O) groups excluding carboxylic acids is 3. The molecule has 9 heteroatoms. The number of esters is 1. The number of alkyl carbamates (subject to hydrolysis) is 1. The van der Waals surface area contributed by atoms with Gasteiger partial charge in [0.15, 0.2) is 6.04 Å². The zero-order valence-electron chi connectivity index (χ0n) is 9.34. The van der Waals surface area contributed by atoms with Crippen LogP contribution >= 0.6 is 0 Å². The maximum atomic E-state index is 12.1. The molecule has 1 heterocycles. The molecule has 2 unspecified atom stereocenters. The largest absolute Gasteiger partial charge is 0.471 e. The van der Waals surface area contributed by atoms with Crippen molar-refractivity contribution >= 4 is 18.0 Å². The molecule has 2 amide bonds. The summed E-state index contributed by atoms with van der Waals surface area (Å²) >= 11 is 0. The molecule has 6 nitrogen and oxygen atoms in total. The number of amides is 2. The number of nitrogens with one attached hydrogen (secondary N) is 2. The van der Waals surface area contributed by atoms with Crippen LogP contribution in [0.15, 0.2) is 0 Å². The Bertz CT molecular complexity index is 369. The van der Waals surface area contributed by atoms with Crippen molar-refractivity contribution < 1.29 is 32.3 Å². The summed E-state index contributed by atoms with van der Waals surface area (Å²) in [4.78, 5) is 32.8. The van der Waals surface area contributed by atoms with E-state index in [9.17, 15) is 27.6 Å². The van der Waals surface area contributed by atoms with Crippen LogP contribution < -0.4 is 10.6 Å². The van der Waals surface area contributed by atoms with E-state index in [1.807, 2.05) is 0 Å². The predicted octanol–water partition coefficient (Wildman–Crippen LogP) is 0.469. The second-order valence-corrected chi connectivity index (χ2v) is 3.70. The first-order valence-electron chi connectivity index (χ1n) is 5.15. The zero-order chi connectivity index (χ0) is 13.9. The van der Waals surface area contributed by atoms with Gasteiger partial charge in [0.1, 0.15) is 0 Å². The van der Waals surface area contributed by atoms with Crippen LogP contribution in [0.1, 0.15) is 19.8 Å². The molecule has 0 radical (unpaired) electrons. The van der Waals surface area contributed by atoms with E-state index in [0.29, 0.717) is 6.42 Å².